The van der Waals surface area contributed by atoms with Gasteiger partial charge in [0.15, 0.2) is 0 Å². The highest BCUT2D eigenvalue weighted by Crippen LogP contribution is 2.27. The number of carbonyl (C=O) groups excluding carboxylic acids is 3. The summed E-state index contributed by atoms with van der Waals surface area (Å²) >= 11 is 0. The molecule has 1 unspecified atom stereocenters. The third-order valence-corrected chi connectivity index (χ3v) is 5.66. The number of nitrogens with one attached hydrogen (secondary N) is 1. The largest absolute Gasteiger partial charge is 0.496 e. The van der Waals surface area contributed by atoms with Crippen molar-refractivity contribution in [2.24, 2.45) is 0 Å². The minimum absolute atomic E-state index is 0.00292. The predicted molar refractivity (Wildman–Crippen MR) is 123 cm³/mol. The molecule has 0 aliphatic carbocycles. The highest BCUT2D eigenvalue weighted by Gasteiger charge is 2.35. The van der Waals surface area contributed by atoms with Gasteiger partial charge in [-0.3, -0.25) is 29.4 Å². The van der Waals surface area contributed by atoms with Crippen LogP contribution in [0.15, 0.2) is 66.7 Å². The Morgan fingerprint density at radius 3 is 2.32 bits per heavy atom. The van der Waals surface area contributed by atoms with Gasteiger partial charge in [-0.15, -0.1) is 0 Å². The molecule has 1 N–H and O–H groups in total. The number of hydrogen-bond donors (Lipinski definition) is 1. The molecule has 1 atom stereocenters. The van der Waals surface area contributed by atoms with Crippen molar-refractivity contribution in [2.75, 3.05) is 7.11 Å². The van der Waals surface area contributed by atoms with Crippen molar-refractivity contribution in [3.05, 3.63) is 105 Å². The number of hydrogen-bond acceptors (Lipinski definition) is 6. The van der Waals surface area contributed by atoms with E-state index in [9.17, 15) is 24.5 Å². The molecule has 0 saturated heterocycles. The first kappa shape index (κ1) is 22.7. The van der Waals surface area contributed by atoms with Gasteiger partial charge < -0.3 is 10.1 Å². The van der Waals surface area contributed by atoms with E-state index in [1.807, 2.05) is 0 Å². The molecule has 3 amide bonds. The van der Waals surface area contributed by atoms with Crippen LogP contribution in [0.1, 0.15) is 55.2 Å². The molecule has 1 aliphatic heterocycles. The SMILES string of the molecule is COc1ccc(CN2C(=O)c3ccccc3C2=O)cc1C(=O)NC(C)c1cccc([N+](=O)[O-])c1. The Labute approximate surface area is 195 Å². The summed E-state index contributed by atoms with van der Waals surface area (Å²) in [6.45, 7) is 1.71. The number of imide groups is 1. The topological polar surface area (TPSA) is 119 Å². The highest BCUT2D eigenvalue weighted by molar-refractivity contribution is 6.21. The Bertz CT molecular complexity index is 1280. The number of rotatable bonds is 7. The highest BCUT2D eigenvalue weighted by atomic mass is 16.6. The molecule has 3 aromatic rings. The Morgan fingerprint density at radius 2 is 1.71 bits per heavy atom. The summed E-state index contributed by atoms with van der Waals surface area (Å²) in [7, 11) is 1.43. The van der Waals surface area contributed by atoms with Crippen molar-refractivity contribution in [2.45, 2.75) is 19.5 Å². The van der Waals surface area contributed by atoms with E-state index in [0.29, 0.717) is 28.0 Å². The van der Waals surface area contributed by atoms with Gasteiger partial charge in [0.05, 0.1) is 41.3 Å². The van der Waals surface area contributed by atoms with E-state index in [-0.39, 0.29) is 29.6 Å². The molecule has 172 valence electrons. The van der Waals surface area contributed by atoms with E-state index in [4.69, 9.17) is 4.74 Å². The van der Waals surface area contributed by atoms with Gasteiger partial charge in [-0.05, 0) is 42.3 Å². The van der Waals surface area contributed by atoms with Crippen molar-refractivity contribution >= 4 is 23.4 Å². The van der Waals surface area contributed by atoms with Crippen LogP contribution in [0.5, 0.6) is 5.75 Å². The zero-order valence-corrected chi connectivity index (χ0v) is 18.5. The molecule has 3 aromatic carbocycles. The lowest BCUT2D eigenvalue weighted by molar-refractivity contribution is -0.384. The van der Waals surface area contributed by atoms with Crippen molar-refractivity contribution < 1.29 is 24.0 Å². The summed E-state index contributed by atoms with van der Waals surface area (Å²) in [5, 5.41) is 13.9. The zero-order valence-electron chi connectivity index (χ0n) is 18.5. The van der Waals surface area contributed by atoms with Crippen LogP contribution < -0.4 is 10.1 Å². The molecule has 0 bridgehead atoms. The lowest BCUT2D eigenvalue weighted by atomic mass is 10.1. The summed E-state index contributed by atoms with van der Waals surface area (Å²) in [6, 6.07) is 17.0. The van der Waals surface area contributed by atoms with E-state index >= 15 is 0 Å². The molecule has 9 nitrogen and oxygen atoms in total. The molecule has 0 spiro atoms. The third-order valence-electron chi connectivity index (χ3n) is 5.66. The van der Waals surface area contributed by atoms with Crippen LogP contribution in [0.2, 0.25) is 0 Å². The van der Waals surface area contributed by atoms with Crippen molar-refractivity contribution in [1.82, 2.24) is 10.2 Å². The molecule has 9 heteroatoms. The Balaban J connectivity index is 1.55. The van der Waals surface area contributed by atoms with E-state index in [1.165, 1.54) is 19.2 Å². The maximum Gasteiger partial charge on any atom is 0.269 e. The molecular weight excluding hydrogens is 438 g/mol. The second-order valence-electron chi connectivity index (χ2n) is 7.82. The first-order valence-corrected chi connectivity index (χ1v) is 10.5. The lowest BCUT2D eigenvalue weighted by Gasteiger charge is -2.18. The maximum absolute atomic E-state index is 13.1. The van der Waals surface area contributed by atoms with Crippen LogP contribution in [0.25, 0.3) is 0 Å². The first-order valence-electron chi connectivity index (χ1n) is 10.5. The number of amides is 3. The average molecular weight is 459 g/mol. The second kappa shape index (κ2) is 9.14. The number of ether oxygens (including phenoxy) is 1. The summed E-state index contributed by atoms with van der Waals surface area (Å²) in [5.74, 6) is -0.918. The number of methoxy groups -OCH3 is 1. The fraction of sp³-hybridized carbons (Fsp3) is 0.160. The van der Waals surface area contributed by atoms with Crippen LogP contribution in [-0.2, 0) is 6.54 Å². The molecule has 1 heterocycles. The van der Waals surface area contributed by atoms with Gasteiger partial charge in [-0.2, -0.15) is 0 Å². The Kier molecular flexibility index (Phi) is 6.09. The summed E-state index contributed by atoms with van der Waals surface area (Å²) in [5.41, 5.74) is 2.00. The van der Waals surface area contributed by atoms with Gasteiger partial charge in [0.1, 0.15) is 5.75 Å². The number of carbonyl (C=O) groups is 3. The maximum atomic E-state index is 13.1. The van der Waals surface area contributed by atoms with Crippen LogP contribution in [-0.4, -0.2) is 34.7 Å². The summed E-state index contributed by atoms with van der Waals surface area (Å²) < 4.78 is 5.32. The third kappa shape index (κ3) is 4.23. The summed E-state index contributed by atoms with van der Waals surface area (Å²) in [4.78, 5) is 50.1. The second-order valence-corrected chi connectivity index (χ2v) is 7.82. The molecule has 0 saturated carbocycles. The first-order chi connectivity index (χ1) is 16.3. The quantitative estimate of drug-likeness (QED) is 0.325. The molecule has 34 heavy (non-hydrogen) atoms. The molecule has 0 radical (unpaired) electrons. The lowest BCUT2D eigenvalue weighted by Crippen LogP contribution is -2.30. The number of fused-ring (bicyclic) bond motifs is 1. The molecular formula is C25H21N3O6. The van der Waals surface area contributed by atoms with Crippen LogP contribution in [0.3, 0.4) is 0 Å². The minimum atomic E-state index is -0.517. The number of nitro groups is 1. The monoisotopic (exact) mass is 459 g/mol. The Morgan fingerprint density at radius 1 is 1.03 bits per heavy atom. The smallest absolute Gasteiger partial charge is 0.269 e. The standard InChI is InChI=1S/C25H21N3O6/c1-15(17-6-5-7-18(13-17)28(32)33)26-23(29)21-12-16(10-11-22(21)34-2)14-27-24(30)19-8-3-4-9-20(19)25(27)31/h3-13,15H,14H2,1-2H3,(H,26,29). The fourth-order valence-corrected chi connectivity index (χ4v) is 3.86. The minimum Gasteiger partial charge on any atom is -0.496 e. The predicted octanol–water partition coefficient (Wildman–Crippen LogP) is 3.89. The van der Waals surface area contributed by atoms with Gasteiger partial charge in [-0.1, -0.05) is 30.3 Å². The van der Waals surface area contributed by atoms with Crippen LogP contribution >= 0.6 is 0 Å². The van der Waals surface area contributed by atoms with E-state index in [1.54, 1.807) is 61.5 Å². The molecule has 1 aliphatic rings. The molecule has 0 aromatic heterocycles. The van der Waals surface area contributed by atoms with Gasteiger partial charge in [0, 0.05) is 12.1 Å². The normalized spacial score (nSPS) is 13.4. The molecule has 4 rings (SSSR count). The Hall–Kier alpha value is -4.53. The van der Waals surface area contributed by atoms with E-state index in [2.05, 4.69) is 5.32 Å². The number of nitro benzene ring substituents is 1. The van der Waals surface area contributed by atoms with Gasteiger partial charge in [0.25, 0.3) is 23.4 Å². The summed E-state index contributed by atoms with van der Waals surface area (Å²) in [6.07, 6.45) is 0. The fourth-order valence-electron chi connectivity index (χ4n) is 3.86. The van der Waals surface area contributed by atoms with E-state index in [0.717, 1.165) is 4.90 Å². The van der Waals surface area contributed by atoms with Gasteiger partial charge in [0.2, 0.25) is 0 Å². The van der Waals surface area contributed by atoms with Crippen molar-refractivity contribution in [3.8, 4) is 5.75 Å². The van der Waals surface area contributed by atoms with Crippen molar-refractivity contribution in [3.63, 3.8) is 0 Å². The van der Waals surface area contributed by atoms with Crippen molar-refractivity contribution in [1.29, 1.82) is 0 Å². The van der Waals surface area contributed by atoms with Crippen LogP contribution in [0, 0.1) is 10.1 Å². The number of benzene rings is 3. The van der Waals surface area contributed by atoms with Gasteiger partial charge >= 0.3 is 0 Å². The zero-order chi connectivity index (χ0) is 24.4. The number of non-ortho nitro benzene ring substituents is 1. The van der Waals surface area contributed by atoms with E-state index < -0.39 is 16.9 Å². The molecule has 0 fully saturated rings. The average Bonchev–Trinajstić information content (AvgIpc) is 3.09. The van der Waals surface area contributed by atoms with Gasteiger partial charge in [-0.25, -0.2) is 0 Å². The van der Waals surface area contributed by atoms with Crippen LogP contribution in [0.4, 0.5) is 5.69 Å². The number of nitrogens with zero attached hydrogens (tertiary/aromatic N) is 2.